The van der Waals surface area contributed by atoms with Gasteiger partial charge in [-0.1, -0.05) is 50.1 Å². The maximum absolute atomic E-state index is 8.45. The Labute approximate surface area is 114 Å². The van der Waals surface area contributed by atoms with Gasteiger partial charge in [0.15, 0.2) is 0 Å². The summed E-state index contributed by atoms with van der Waals surface area (Å²) in [5.74, 6) is 0.827. The lowest BCUT2D eigenvalue weighted by Crippen LogP contribution is -1.73. The molecule has 0 atom stereocenters. The highest BCUT2D eigenvalue weighted by Crippen LogP contribution is 2.04. The highest BCUT2D eigenvalue weighted by Gasteiger charge is 1.91. The van der Waals surface area contributed by atoms with Crippen LogP contribution in [0.3, 0.4) is 0 Å². The molecule has 0 fully saturated rings. The number of nitriles is 2. The number of rotatable bonds is 4. The van der Waals surface area contributed by atoms with E-state index in [0.29, 0.717) is 0 Å². The molecule has 2 nitrogen and oxygen atoms in total. The number of allylic oxidation sites excluding steroid dienone is 1. The average Bonchev–Trinajstić information content (AvgIpc) is 2.44. The molecule has 0 unspecified atom stereocenters. The highest BCUT2D eigenvalue weighted by atomic mass is 35.5. The standard InChI is InChI=1S/C10H6N2.C5H11Cl/c11-7-10(8-12)6-9-4-2-1-3-5-9;1-2-3-4-5-6/h1-6H;2-5H2,1H3. The smallest absolute Gasteiger partial charge is 0.130 e. The number of unbranched alkanes of at least 4 members (excludes halogenated alkanes) is 2. The van der Waals surface area contributed by atoms with Gasteiger partial charge in [-0.2, -0.15) is 10.5 Å². The minimum Gasteiger partial charge on any atom is -0.192 e. The van der Waals surface area contributed by atoms with Crippen LogP contribution in [0, 0.1) is 22.7 Å². The summed E-state index contributed by atoms with van der Waals surface area (Å²) in [5.41, 5.74) is 0.997. The zero-order chi connectivity index (χ0) is 13.6. The summed E-state index contributed by atoms with van der Waals surface area (Å²) in [5, 5.41) is 16.9. The zero-order valence-corrected chi connectivity index (χ0v) is 11.3. The summed E-state index contributed by atoms with van der Waals surface area (Å²) in [4.78, 5) is 0. The van der Waals surface area contributed by atoms with Crippen molar-refractivity contribution >= 4 is 17.7 Å². The molecule has 0 aliphatic rings. The SMILES string of the molecule is CCCCCCl.N#CC(C#N)=Cc1ccccc1. The molecule has 0 heterocycles. The molecule has 1 rings (SSSR count). The minimum atomic E-state index is 0.126. The molecule has 0 aliphatic heterocycles. The number of halogens is 1. The highest BCUT2D eigenvalue weighted by molar-refractivity contribution is 6.17. The van der Waals surface area contributed by atoms with E-state index in [2.05, 4.69) is 6.92 Å². The average molecular weight is 261 g/mol. The predicted octanol–water partition coefficient (Wildman–Crippen LogP) is 4.53. The van der Waals surface area contributed by atoms with Crippen molar-refractivity contribution in [3.05, 3.63) is 41.5 Å². The first kappa shape index (κ1) is 16.2. The predicted molar refractivity (Wildman–Crippen MR) is 75.9 cm³/mol. The molecule has 0 bridgehead atoms. The second-order valence-corrected chi connectivity index (χ2v) is 3.97. The lowest BCUT2D eigenvalue weighted by atomic mass is 10.1. The molecule has 1 aromatic carbocycles. The molecule has 18 heavy (non-hydrogen) atoms. The topological polar surface area (TPSA) is 47.6 Å². The van der Waals surface area contributed by atoms with Gasteiger partial charge in [-0.25, -0.2) is 0 Å². The van der Waals surface area contributed by atoms with Crippen molar-refractivity contribution in [3.63, 3.8) is 0 Å². The fourth-order valence-corrected chi connectivity index (χ4v) is 1.34. The Balaban J connectivity index is 0.000000411. The molecular formula is C15H17ClN2. The van der Waals surface area contributed by atoms with Gasteiger partial charge in [0.1, 0.15) is 17.7 Å². The number of nitrogens with zero attached hydrogens (tertiary/aromatic N) is 2. The summed E-state index contributed by atoms with van der Waals surface area (Å²) >= 11 is 5.38. The molecule has 0 N–H and O–H groups in total. The molecule has 0 radical (unpaired) electrons. The van der Waals surface area contributed by atoms with Crippen LogP contribution in [0.2, 0.25) is 0 Å². The van der Waals surface area contributed by atoms with Gasteiger partial charge < -0.3 is 0 Å². The van der Waals surface area contributed by atoms with E-state index in [1.54, 1.807) is 18.2 Å². The summed E-state index contributed by atoms with van der Waals surface area (Å²) < 4.78 is 0. The van der Waals surface area contributed by atoms with Crippen molar-refractivity contribution in [3.8, 4) is 12.1 Å². The maximum atomic E-state index is 8.45. The Bertz CT molecular complexity index is 404. The molecule has 0 spiro atoms. The molecule has 0 saturated carbocycles. The normalized spacial score (nSPS) is 8.22. The molecule has 0 aromatic heterocycles. The van der Waals surface area contributed by atoms with Crippen LogP contribution in [0.5, 0.6) is 0 Å². The Morgan fingerprint density at radius 1 is 1.17 bits per heavy atom. The monoisotopic (exact) mass is 260 g/mol. The van der Waals surface area contributed by atoms with Crippen LogP contribution in [0.1, 0.15) is 31.7 Å². The lowest BCUT2D eigenvalue weighted by Gasteiger charge is -1.88. The third-order valence-corrected chi connectivity index (χ3v) is 2.36. The van der Waals surface area contributed by atoms with Crippen LogP contribution in [0.25, 0.3) is 6.08 Å². The van der Waals surface area contributed by atoms with E-state index in [4.69, 9.17) is 22.1 Å². The van der Waals surface area contributed by atoms with Crippen LogP contribution >= 0.6 is 11.6 Å². The zero-order valence-electron chi connectivity index (χ0n) is 10.6. The van der Waals surface area contributed by atoms with Gasteiger partial charge in [-0.3, -0.25) is 0 Å². The van der Waals surface area contributed by atoms with E-state index in [1.807, 2.05) is 30.3 Å². The number of hydrogen-bond donors (Lipinski definition) is 0. The van der Waals surface area contributed by atoms with Crippen molar-refractivity contribution in [2.75, 3.05) is 5.88 Å². The number of benzene rings is 1. The summed E-state index contributed by atoms with van der Waals surface area (Å²) in [6, 6.07) is 12.9. The van der Waals surface area contributed by atoms with E-state index in [9.17, 15) is 0 Å². The van der Waals surface area contributed by atoms with Gasteiger partial charge >= 0.3 is 0 Å². The van der Waals surface area contributed by atoms with Crippen molar-refractivity contribution in [2.45, 2.75) is 26.2 Å². The Kier molecular flexibility index (Phi) is 10.6. The fourth-order valence-electron chi connectivity index (χ4n) is 1.15. The Morgan fingerprint density at radius 3 is 2.17 bits per heavy atom. The molecule has 0 amide bonds. The molecule has 0 saturated heterocycles. The first-order valence-corrected chi connectivity index (χ1v) is 6.44. The van der Waals surface area contributed by atoms with Crippen molar-refractivity contribution in [2.24, 2.45) is 0 Å². The Morgan fingerprint density at radius 2 is 1.78 bits per heavy atom. The van der Waals surface area contributed by atoms with Gasteiger partial charge in [0.25, 0.3) is 0 Å². The molecule has 3 heteroatoms. The number of hydrogen-bond acceptors (Lipinski definition) is 2. The lowest BCUT2D eigenvalue weighted by molar-refractivity contribution is 0.776. The van der Waals surface area contributed by atoms with Crippen molar-refractivity contribution in [1.82, 2.24) is 0 Å². The molecule has 1 aromatic rings. The molecule has 0 aliphatic carbocycles. The molecule has 94 valence electrons. The third kappa shape index (κ3) is 8.39. The summed E-state index contributed by atoms with van der Waals surface area (Å²) in [6.45, 7) is 2.17. The fraction of sp³-hybridized carbons (Fsp3) is 0.333. The number of alkyl halides is 1. The largest absolute Gasteiger partial charge is 0.192 e. The minimum absolute atomic E-state index is 0.126. The maximum Gasteiger partial charge on any atom is 0.130 e. The van der Waals surface area contributed by atoms with E-state index in [-0.39, 0.29) is 5.57 Å². The van der Waals surface area contributed by atoms with E-state index < -0.39 is 0 Å². The van der Waals surface area contributed by atoms with Gasteiger partial charge in [0.2, 0.25) is 0 Å². The van der Waals surface area contributed by atoms with Crippen molar-refractivity contribution in [1.29, 1.82) is 10.5 Å². The second kappa shape index (κ2) is 11.7. The summed E-state index contributed by atoms with van der Waals surface area (Å²) in [6.07, 6.45) is 5.29. The van der Waals surface area contributed by atoms with Crippen LogP contribution in [-0.2, 0) is 0 Å². The van der Waals surface area contributed by atoms with Crippen LogP contribution in [0.4, 0.5) is 0 Å². The summed E-state index contributed by atoms with van der Waals surface area (Å²) in [7, 11) is 0. The van der Waals surface area contributed by atoms with E-state index in [0.717, 1.165) is 11.4 Å². The van der Waals surface area contributed by atoms with Gasteiger partial charge in [-0.15, -0.1) is 11.6 Å². The van der Waals surface area contributed by atoms with Crippen LogP contribution < -0.4 is 0 Å². The van der Waals surface area contributed by atoms with E-state index in [1.165, 1.54) is 19.3 Å². The first-order chi connectivity index (χ1) is 8.78. The van der Waals surface area contributed by atoms with Crippen LogP contribution in [0.15, 0.2) is 35.9 Å². The van der Waals surface area contributed by atoms with Gasteiger partial charge in [0.05, 0.1) is 0 Å². The molecular weight excluding hydrogens is 244 g/mol. The Hall–Kier alpha value is -1.77. The van der Waals surface area contributed by atoms with Gasteiger partial charge in [-0.05, 0) is 18.1 Å². The van der Waals surface area contributed by atoms with Gasteiger partial charge in [0, 0.05) is 5.88 Å². The van der Waals surface area contributed by atoms with Crippen LogP contribution in [-0.4, -0.2) is 5.88 Å². The van der Waals surface area contributed by atoms with E-state index >= 15 is 0 Å². The quantitative estimate of drug-likeness (QED) is 0.454. The third-order valence-electron chi connectivity index (χ3n) is 2.09. The second-order valence-electron chi connectivity index (χ2n) is 3.59. The van der Waals surface area contributed by atoms with Crippen molar-refractivity contribution < 1.29 is 0 Å². The first-order valence-electron chi connectivity index (χ1n) is 5.91.